The molecule has 1 unspecified atom stereocenters. The van der Waals surface area contributed by atoms with Gasteiger partial charge in [-0.05, 0) is 49.8 Å². The van der Waals surface area contributed by atoms with E-state index in [0.29, 0.717) is 0 Å². The van der Waals surface area contributed by atoms with Crippen molar-refractivity contribution in [3.8, 4) is 0 Å². The minimum Gasteiger partial charge on any atom is -0.379 e. The van der Waals surface area contributed by atoms with Crippen molar-refractivity contribution < 1.29 is 9.47 Å². The minimum atomic E-state index is 0.281. The third kappa shape index (κ3) is 6.66. The molecular weight excluding hydrogens is 342 g/mol. The maximum atomic E-state index is 5.78. The van der Waals surface area contributed by atoms with Crippen molar-refractivity contribution in [1.82, 2.24) is 15.6 Å². The van der Waals surface area contributed by atoms with Crippen LogP contribution in [0.4, 0.5) is 5.82 Å². The highest BCUT2D eigenvalue weighted by Crippen LogP contribution is 2.18. The van der Waals surface area contributed by atoms with Gasteiger partial charge in [0.25, 0.3) is 0 Å². The molecule has 0 saturated carbocycles. The Labute approximate surface area is 162 Å². The van der Waals surface area contributed by atoms with Gasteiger partial charge in [0.05, 0.1) is 12.7 Å². The summed E-state index contributed by atoms with van der Waals surface area (Å²) in [6, 6.07) is 4.24. The Morgan fingerprint density at radius 3 is 3.00 bits per heavy atom. The highest BCUT2D eigenvalue weighted by Gasteiger charge is 2.15. The Morgan fingerprint density at radius 1 is 1.33 bits per heavy atom. The van der Waals surface area contributed by atoms with Gasteiger partial charge in [-0.2, -0.15) is 0 Å². The highest BCUT2D eigenvalue weighted by atomic mass is 16.5. The lowest BCUT2D eigenvalue weighted by molar-refractivity contribution is 0.0420. The minimum absolute atomic E-state index is 0.281. The number of hydrogen-bond acceptors (Lipinski definition) is 5. The van der Waals surface area contributed by atoms with E-state index in [1.54, 1.807) is 7.05 Å². The zero-order chi connectivity index (χ0) is 18.7. The molecule has 3 heterocycles. The number of hydrogen-bond donors (Lipinski definition) is 2. The van der Waals surface area contributed by atoms with Crippen LogP contribution in [-0.4, -0.2) is 63.6 Å². The third-order valence-corrected chi connectivity index (χ3v) is 5.03. The van der Waals surface area contributed by atoms with Crippen LogP contribution in [0.3, 0.4) is 0 Å². The van der Waals surface area contributed by atoms with E-state index in [1.165, 1.54) is 24.8 Å². The predicted octanol–water partition coefficient (Wildman–Crippen LogP) is 1.93. The summed E-state index contributed by atoms with van der Waals surface area (Å²) < 4.78 is 11.1. The average Bonchev–Trinajstić information content (AvgIpc) is 3.24. The van der Waals surface area contributed by atoms with Crippen molar-refractivity contribution in [1.29, 1.82) is 0 Å². The molecule has 0 spiro atoms. The second-order valence-corrected chi connectivity index (χ2v) is 7.13. The number of guanidine groups is 1. The molecule has 2 fully saturated rings. The monoisotopic (exact) mass is 375 g/mol. The van der Waals surface area contributed by atoms with E-state index in [9.17, 15) is 0 Å². The van der Waals surface area contributed by atoms with Crippen LogP contribution >= 0.6 is 0 Å². The van der Waals surface area contributed by atoms with Crippen molar-refractivity contribution >= 4 is 11.8 Å². The molecule has 0 aliphatic carbocycles. The van der Waals surface area contributed by atoms with Crippen molar-refractivity contribution in [2.45, 2.75) is 44.8 Å². The molecule has 7 heteroatoms. The van der Waals surface area contributed by atoms with E-state index >= 15 is 0 Å². The second kappa shape index (κ2) is 11.1. The van der Waals surface area contributed by atoms with E-state index in [0.717, 1.165) is 70.6 Å². The largest absolute Gasteiger partial charge is 0.379 e. The number of pyridine rings is 1. The number of anilines is 1. The number of rotatable bonds is 8. The van der Waals surface area contributed by atoms with E-state index in [2.05, 4.69) is 37.6 Å². The molecule has 1 aromatic heterocycles. The van der Waals surface area contributed by atoms with Crippen LogP contribution in [0.1, 0.15) is 37.7 Å². The van der Waals surface area contributed by atoms with Crippen LogP contribution in [0.2, 0.25) is 0 Å². The zero-order valence-corrected chi connectivity index (χ0v) is 16.5. The topological polar surface area (TPSA) is 71.0 Å². The lowest BCUT2D eigenvalue weighted by Gasteiger charge is -2.28. The van der Waals surface area contributed by atoms with Crippen LogP contribution < -0.4 is 15.5 Å². The summed E-state index contributed by atoms with van der Waals surface area (Å²) in [4.78, 5) is 11.2. The maximum absolute atomic E-state index is 5.78. The van der Waals surface area contributed by atoms with E-state index in [4.69, 9.17) is 9.47 Å². The molecule has 2 aliphatic rings. The predicted molar refractivity (Wildman–Crippen MR) is 108 cm³/mol. The molecule has 0 amide bonds. The summed E-state index contributed by atoms with van der Waals surface area (Å²) in [5.74, 6) is 1.90. The molecule has 1 atom stereocenters. The maximum Gasteiger partial charge on any atom is 0.191 e. The first-order valence-electron chi connectivity index (χ1n) is 10.2. The standard InChI is InChI=1S/C20H33N5O2/c1-21-20(23-8-5-12-27-18-7-13-26-16-18)24-15-17-6-9-22-19(14-17)25-10-3-2-4-11-25/h6,9,14,18H,2-5,7-8,10-13,15-16H2,1H3,(H2,21,23,24). The first-order valence-corrected chi connectivity index (χ1v) is 10.2. The van der Waals surface area contributed by atoms with E-state index in [-0.39, 0.29) is 6.10 Å². The zero-order valence-electron chi connectivity index (χ0n) is 16.5. The molecule has 1 aromatic rings. The van der Waals surface area contributed by atoms with E-state index in [1.807, 2.05) is 6.20 Å². The Kier molecular flexibility index (Phi) is 8.17. The van der Waals surface area contributed by atoms with Gasteiger partial charge in [0, 0.05) is 52.6 Å². The fourth-order valence-electron chi connectivity index (χ4n) is 3.45. The quantitative estimate of drug-likeness (QED) is 0.411. The number of piperidine rings is 1. The van der Waals surface area contributed by atoms with Gasteiger partial charge in [-0.25, -0.2) is 4.98 Å². The Morgan fingerprint density at radius 2 is 2.22 bits per heavy atom. The molecule has 7 nitrogen and oxygen atoms in total. The fourth-order valence-corrected chi connectivity index (χ4v) is 3.45. The highest BCUT2D eigenvalue weighted by molar-refractivity contribution is 5.79. The lowest BCUT2D eigenvalue weighted by atomic mass is 10.1. The molecule has 0 aromatic carbocycles. The van der Waals surface area contributed by atoms with Gasteiger partial charge in [-0.1, -0.05) is 0 Å². The van der Waals surface area contributed by atoms with Gasteiger partial charge in [0.1, 0.15) is 5.82 Å². The summed E-state index contributed by atoms with van der Waals surface area (Å²) in [7, 11) is 1.80. The summed E-state index contributed by atoms with van der Waals surface area (Å²) in [5.41, 5.74) is 1.22. The van der Waals surface area contributed by atoms with Gasteiger partial charge in [-0.15, -0.1) is 0 Å². The molecule has 150 valence electrons. The van der Waals surface area contributed by atoms with Gasteiger partial charge in [-0.3, -0.25) is 4.99 Å². The molecule has 0 radical (unpaired) electrons. The van der Waals surface area contributed by atoms with Crippen LogP contribution in [0.5, 0.6) is 0 Å². The summed E-state index contributed by atoms with van der Waals surface area (Å²) >= 11 is 0. The molecule has 27 heavy (non-hydrogen) atoms. The Hall–Kier alpha value is -1.86. The van der Waals surface area contributed by atoms with Crippen molar-refractivity contribution in [3.63, 3.8) is 0 Å². The number of aliphatic imine (C=N–C) groups is 1. The Bertz CT molecular complexity index is 583. The van der Waals surface area contributed by atoms with Gasteiger partial charge >= 0.3 is 0 Å². The average molecular weight is 376 g/mol. The number of ether oxygens (including phenoxy) is 2. The van der Waals surface area contributed by atoms with Gasteiger partial charge < -0.3 is 25.0 Å². The molecule has 3 rings (SSSR count). The molecule has 2 aliphatic heterocycles. The smallest absolute Gasteiger partial charge is 0.191 e. The number of nitrogens with one attached hydrogen (secondary N) is 2. The molecule has 0 bridgehead atoms. The van der Waals surface area contributed by atoms with Crippen LogP contribution in [0.25, 0.3) is 0 Å². The van der Waals surface area contributed by atoms with Gasteiger partial charge in [0.15, 0.2) is 5.96 Å². The number of nitrogens with zero attached hydrogens (tertiary/aromatic N) is 3. The van der Waals surface area contributed by atoms with Crippen LogP contribution in [0, 0.1) is 0 Å². The molecule has 2 N–H and O–H groups in total. The first-order chi connectivity index (χ1) is 13.3. The van der Waals surface area contributed by atoms with Crippen LogP contribution in [-0.2, 0) is 16.0 Å². The summed E-state index contributed by atoms with van der Waals surface area (Å²) in [6.07, 6.45) is 8.01. The van der Waals surface area contributed by atoms with E-state index < -0.39 is 0 Å². The normalized spacial score (nSPS) is 20.7. The number of aromatic nitrogens is 1. The SMILES string of the molecule is CN=C(NCCCOC1CCOC1)NCc1ccnc(N2CCCCC2)c1. The first kappa shape index (κ1) is 19.9. The summed E-state index contributed by atoms with van der Waals surface area (Å²) in [5, 5.41) is 6.72. The van der Waals surface area contributed by atoms with Crippen LogP contribution in [0.15, 0.2) is 23.3 Å². The molecular formula is C20H33N5O2. The fraction of sp³-hybridized carbons (Fsp3) is 0.700. The van der Waals surface area contributed by atoms with Crippen molar-refractivity contribution in [3.05, 3.63) is 23.9 Å². The third-order valence-electron chi connectivity index (χ3n) is 5.03. The Balaban J connectivity index is 1.36. The summed E-state index contributed by atoms with van der Waals surface area (Å²) in [6.45, 7) is 6.11. The van der Waals surface area contributed by atoms with Crippen molar-refractivity contribution in [2.24, 2.45) is 4.99 Å². The van der Waals surface area contributed by atoms with Gasteiger partial charge in [0.2, 0.25) is 0 Å². The molecule has 2 saturated heterocycles. The second-order valence-electron chi connectivity index (χ2n) is 7.13. The van der Waals surface area contributed by atoms with Crippen molar-refractivity contribution in [2.75, 3.05) is 51.4 Å². The lowest BCUT2D eigenvalue weighted by Crippen LogP contribution is -2.37.